The van der Waals surface area contributed by atoms with Crippen LogP contribution in [0.1, 0.15) is 24.7 Å². The van der Waals surface area contributed by atoms with Gasteiger partial charge < -0.3 is 5.32 Å². The topological polar surface area (TPSA) is 108 Å². The Kier molecular flexibility index (Phi) is 5.48. The molecule has 0 radical (unpaired) electrons. The molecule has 0 unspecified atom stereocenters. The van der Waals surface area contributed by atoms with E-state index in [9.17, 15) is 14.9 Å². The minimum Gasteiger partial charge on any atom is -0.350 e. The summed E-state index contributed by atoms with van der Waals surface area (Å²) in [5.41, 5.74) is 1.05. The number of aromatic nitrogens is 4. The highest BCUT2D eigenvalue weighted by Gasteiger charge is 2.15. The van der Waals surface area contributed by atoms with Gasteiger partial charge in [0.25, 0.3) is 0 Å². The Morgan fingerprint density at radius 3 is 2.70 bits per heavy atom. The summed E-state index contributed by atoms with van der Waals surface area (Å²) in [6.07, 6.45) is 3.37. The van der Waals surface area contributed by atoms with Gasteiger partial charge in [0.1, 0.15) is 11.9 Å². The maximum atomic E-state index is 11.9. The minimum absolute atomic E-state index is 0.0422. The number of carbonyl (C=O) groups is 1. The second kappa shape index (κ2) is 7.36. The summed E-state index contributed by atoms with van der Waals surface area (Å²) in [5.74, 6) is -0.168. The number of nitrogens with zero attached hydrogens (tertiary/aromatic N) is 5. The zero-order chi connectivity index (χ0) is 17.0. The van der Waals surface area contributed by atoms with E-state index in [2.05, 4.69) is 31.4 Å². The Bertz CT molecular complexity index is 723. The molecular weight excluding hydrogens is 368 g/mol. The second-order valence-corrected chi connectivity index (χ2v) is 5.78. The summed E-state index contributed by atoms with van der Waals surface area (Å²) in [4.78, 5) is 22.1. The van der Waals surface area contributed by atoms with Gasteiger partial charge >= 0.3 is 5.69 Å². The van der Waals surface area contributed by atoms with Crippen molar-refractivity contribution in [3.05, 3.63) is 38.4 Å². The van der Waals surface area contributed by atoms with Gasteiger partial charge in [-0.05, 0) is 29.8 Å². The monoisotopic (exact) mass is 384 g/mol. The lowest BCUT2D eigenvalue weighted by Gasteiger charge is -2.04. The first-order valence-corrected chi connectivity index (χ1v) is 7.87. The van der Waals surface area contributed by atoms with E-state index in [1.807, 2.05) is 13.1 Å². The molecule has 2 aromatic heterocycles. The highest BCUT2D eigenvalue weighted by atomic mass is 79.9. The highest BCUT2D eigenvalue weighted by molar-refractivity contribution is 9.10. The molecule has 124 valence electrons. The van der Waals surface area contributed by atoms with Crippen molar-refractivity contribution in [1.29, 1.82) is 0 Å². The molecule has 0 aliphatic rings. The molecule has 23 heavy (non-hydrogen) atoms. The summed E-state index contributed by atoms with van der Waals surface area (Å²) in [6, 6.07) is 0. The average Bonchev–Trinajstić information content (AvgIpc) is 3.05. The third-order valence-electron chi connectivity index (χ3n) is 3.25. The van der Waals surface area contributed by atoms with E-state index in [1.165, 1.54) is 10.9 Å². The molecule has 2 heterocycles. The Balaban J connectivity index is 1.84. The van der Waals surface area contributed by atoms with Crippen molar-refractivity contribution in [2.24, 2.45) is 0 Å². The summed E-state index contributed by atoms with van der Waals surface area (Å²) in [5, 5.41) is 21.9. The van der Waals surface area contributed by atoms with Crippen molar-refractivity contribution in [2.45, 2.75) is 39.9 Å². The molecular formula is C13H17BrN6O3. The van der Waals surface area contributed by atoms with Crippen LogP contribution in [0.2, 0.25) is 0 Å². The smallest absolute Gasteiger partial charge is 0.309 e. The molecule has 0 fully saturated rings. The fourth-order valence-corrected chi connectivity index (χ4v) is 2.46. The number of hydrogen-bond acceptors (Lipinski definition) is 5. The normalized spacial score (nSPS) is 10.7. The molecule has 0 saturated carbocycles. The van der Waals surface area contributed by atoms with Crippen LogP contribution in [0.5, 0.6) is 0 Å². The first kappa shape index (κ1) is 17.1. The van der Waals surface area contributed by atoms with Crippen LogP contribution in [0.25, 0.3) is 0 Å². The summed E-state index contributed by atoms with van der Waals surface area (Å²) < 4.78 is 4.03. The standard InChI is InChI=1S/C13H17BrN6O3/c1-3-18-7-10(14)11(17-18)6-15-13(21)4-5-19-8-12(20(22)23)9(2)16-19/h7-8H,3-6H2,1-2H3,(H,15,21). The van der Waals surface area contributed by atoms with E-state index in [0.717, 1.165) is 16.7 Å². The van der Waals surface area contributed by atoms with E-state index in [-0.39, 0.29) is 24.6 Å². The van der Waals surface area contributed by atoms with Crippen molar-refractivity contribution < 1.29 is 9.72 Å². The van der Waals surface area contributed by atoms with Crippen molar-refractivity contribution in [3.8, 4) is 0 Å². The Hall–Kier alpha value is -2.23. The molecule has 0 aliphatic carbocycles. The van der Waals surface area contributed by atoms with Crippen LogP contribution in [0.3, 0.4) is 0 Å². The number of nitro groups is 1. The van der Waals surface area contributed by atoms with Crippen LogP contribution < -0.4 is 5.32 Å². The number of halogens is 1. The van der Waals surface area contributed by atoms with E-state index in [0.29, 0.717) is 12.2 Å². The van der Waals surface area contributed by atoms with Gasteiger partial charge in [-0.3, -0.25) is 24.3 Å². The van der Waals surface area contributed by atoms with Crippen molar-refractivity contribution in [3.63, 3.8) is 0 Å². The summed E-state index contributed by atoms with van der Waals surface area (Å²) in [6.45, 7) is 4.91. The first-order chi connectivity index (χ1) is 10.9. The maximum Gasteiger partial charge on any atom is 0.309 e. The lowest BCUT2D eigenvalue weighted by molar-refractivity contribution is -0.385. The Morgan fingerprint density at radius 1 is 1.39 bits per heavy atom. The van der Waals surface area contributed by atoms with E-state index in [1.54, 1.807) is 11.6 Å². The SMILES string of the molecule is CCn1cc(Br)c(CNC(=O)CCn2cc([N+](=O)[O-])c(C)n2)n1. The predicted molar refractivity (Wildman–Crippen MR) is 85.7 cm³/mol. The van der Waals surface area contributed by atoms with Gasteiger partial charge in [-0.15, -0.1) is 0 Å². The van der Waals surface area contributed by atoms with E-state index in [4.69, 9.17) is 0 Å². The van der Waals surface area contributed by atoms with Crippen LogP contribution in [-0.2, 0) is 24.4 Å². The lowest BCUT2D eigenvalue weighted by Crippen LogP contribution is -2.24. The molecule has 0 aliphatic heterocycles. The Morgan fingerprint density at radius 2 is 2.13 bits per heavy atom. The van der Waals surface area contributed by atoms with Gasteiger partial charge in [-0.1, -0.05) is 0 Å². The lowest BCUT2D eigenvalue weighted by atomic mass is 10.3. The van der Waals surface area contributed by atoms with Gasteiger partial charge in [0.15, 0.2) is 0 Å². The fraction of sp³-hybridized carbons (Fsp3) is 0.462. The molecule has 2 aromatic rings. The number of carbonyl (C=O) groups excluding carboxylic acids is 1. The zero-order valence-corrected chi connectivity index (χ0v) is 14.4. The molecule has 0 spiro atoms. The predicted octanol–water partition coefficient (Wildman–Crippen LogP) is 1.79. The van der Waals surface area contributed by atoms with Gasteiger partial charge in [0.05, 0.1) is 21.6 Å². The number of rotatable bonds is 7. The molecule has 10 heteroatoms. The average molecular weight is 385 g/mol. The van der Waals surface area contributed by atoms with Gasteiger partial charge in [-0.2, -0.15) is 10.2 Å². The summed E-state index contributed by atoms with van der Waals surface area (Å²) >= 11 is 3.40. The number of amides is 1. The largest absolute Gasteiger partial charge is 0.350 e. The maximum absolute atomic E-state index is 11.9. The van der Waals surface area contributed by atoms with E-state index < -0.39 is 4.92 Å². The van der Waals surface area contributed by atoms with Gasteiger partial charge in [0.2, 0.25) is 5.91 Å². The molecule has 0 bridgehead atoms. The quantitative estimate of drug-likeness (QED) is 0.578. The number of hydrogen-bond donors (Lipinski definition) is 1. The number of aryl methyl sites for hydroxylation is 3. The fourth-order valence-electron chi connectivity index (χ4n) is 2.01. The molecule has 0 atom stereocenters. The molecule has 2 rings (SSSR count). The van der Waals surface area contributed by atoms with Crippen molar-refractivity contribution >= 4 is 27.5 Å². The Labute approximate surface area is 140 Å². The molecule has 1 amide bonds. The van der Waals surface area contributed by atoms with Gasteiger partial charge in [0, 0.05) is 25.7 Å². The molecule has 0 saturated heterocycles. The van der Waals surface area contributed by atoms with Gasteiger partial charge in [-0.25, -0.2) is 0 Å². The second-order valence-electron chi connectivity index (χ2n) is 4.93. The molecule has 9 nitrogen and oxygen atoms in total. The molecule has 1 N–H and O–H groups in total. The highest BCUT2D eigenvalue weighted by Crippen LogP contribution is 2.16. The molecule has 0 aromatic carbocycles. The summed E-state index contributed by atoms with van der Waals surface area (Å²) in [7, 11) is 0. The third-order valence-corrected chi connectivity index (χ3v) is 3.91. The minimum atomic E-state index is -0.486. The first-order valence-electron chi connectivity index (χ1n) is 7.07. The van der Waals surface area contributed by atoms with Crippen molar-refractivity contribution in [1.82, 2.24) is 24.9 Å². The van der Waals surface area contributed by atoms with Crippen LogP contribution >= 0.6 is 15.9 Å². The third kappa shape index (κ3) is 4.38. The van der Waals surface area contributed by atoms with Crippen molar-refractivity contribution in [2.75, 3.05) is 0 Å². The number of nitrogens with one attached hydrogen (secondary N) is 1. The van der Waals surface area contributed by atoms with E-state index >= 15 is 0 Å². The van der Waals surface area contributed by atoms with Crippen LogP contribution in [-0.4, -0.2) is 30.4 Å². The van der Waals surface area contributed by atoms with Crippen LogP contribution in [0, 0.1) is 17.0 Å². The van der Waals surface area contributed by atoms with Crippen LogP contribution in [0.4, 0.5) is 5.69 Å². The van der Waals surface area contributed by atoms with Crippen LogP contribution in [0.15, 0.2) is 16.9 Å². The zero-order valence-electron chi connectivity index (χ0n) is 12.8.